The summed E-state index contributed by atoms with van der Waals surface area (Å²) in [6.07, 6.45) is 3.33. The number of carbonyl (C=O) groups excluding carboxylic acids is 1. The van der Waals surface area contributed by atoms with Crippen LogP contribution in [0.15, 0.2) is 41.3 Å². The Morgan fingerprint density at radius 3 is 2.52 bits per heavy atom. The second-order valence-corrected chi connectivity index (χ2v) is 7.15. The van der Waals surface area contributed by atoms with Crippen LogP contribution in [-0.2, 0) is 0 Å². The van der Waals surface area contributed by atoms with Crippen molar-refractivity contribution in [3.05, 3.63) is 58.6 Å². The van der Waals surface area contributed by atoms with E-state index in [2.05, 4.69) is 5.32 Å². The molecule has 2 aromatic carbocycles. The van der Waals surface area contributed by atoms with Gasteiger partial charge in [0.25, 0.3) is 5.91 Å². The highest BCUT2D eigenvalue weighted by Crippen LogP contribution is 2.37. The molecule has 0 unspecified atom stereocenters. The minimum atomic E-state index is -0.550. The SMILES string of the molecule is O=C(Nc1ccc(F)c(Cl)c1)c1ccc(F)c(SC2CCC2)c1. The lowest BCUT2D eigenvalue weighted by molar-refractivity contribution is 0.102. The number of hydrogen-bond donors (Lipinski definition) is 1. The summed E-state index contributed by atoms with van der Waals surface area (Å²) in [5.41, 5.74) is 0.743. The molecule has 0 spiro atoms. The zero-order chi connectivity index (χ0) is 16.4. The monoisotopic (exact) mass is 353 g/mol. The summed E-state index contributed by atoms with van der Waals surface area (Å²) in [6, 6.07) is 8.22. The number of amides is 1. The minimum Gasteiger partial charge on any atom is -0.322 e. The van der Waals surface area contributed by atoms with Crippen molar-refractivity contribution in [3.8, 4) is 0 Å². The van der Waals surface area contributed by atoms with Gasteiger partial charge < -0.3 is 5.32 Å². The van der Waals surface area contributed by atoms with E-state index in [0.717, 1.165) is 12.8 Å². The third-order valence-electron chi connectivity index (χ3n) is 3.72. The zero-order valence-corrected chi connectivity index (χ0v) is 13.7. The van der Waals surface area contributed by atoms with E-state index in [9.17, 15) is 13.6 Å². The van der Waals surface area contributed by atoms with Gasteiger partial charge in [-0.15, -0.1) is 11.8 Å². The van der Waals surface area contributed by atoms with E-state index in [1.165, 1.54) is 48.5 Å². The van der Waals surface area contributed by atoms with Gasteiger partial charge in [0.05, 0.1) is 5.02 Å². The molecule has 0 aliphatic heterocycles. The molecule has 1 amide bonds. The normalized spacial score (nSPS) is 14.4. The fourth-order valence-corrected chi connectivity index (χ4v) is 3.66. The van der Waals surface area contributed by atoms with E-state index in [4.69, 9.17) is 11.6 Å². The predicted octanol–water partition coefficient (Wildman–Crippen LogP) is 5.52. The van der Waals surface area contributed by atoms with E-state index < -0.39 is 5.82 Å². The third kappa shape index (κ3) is 3.85. The van der Waals surface area contributed by atoms with Crippen molar-refractivity contribution in [1.82, 2.24) is 0 Å². The van der Waals surface area contributed by atoms with Gasteiger partial charge in [0.1, 0.15) is 11.6 Å². The molecular formula is C17H14ClF2NOS. The molecule has 1 aliphatic rings. The van der Waals surface area contributed by atoms with Crippen LogP contribution in [0.2, 0.25) is 5.02 Å². The van der Waals surface area contributed by atoms with Crippen LogP contribution in [0.25, 0.3) is 0 Å². The van der Waals surface area contributed by atoms with Crippen molar-refractivity contribution < 1.29 is 13.6 Å². The Morgan fingerprint density at radius 2 is 1.87 bits per heavy atom. The predicted molar refractivity (Wildman–Crippen MR) is 89.3 cm³/mol. The molecule has 0 bridgehead atoms. The Bertz CT molecular complexity index is 749. The molecule has 1 saturated carbocycles. The van der Waals surface area contributed by atoms with E-state index in [1.54, 1.807) is 6.07 Å². The maximum atomic E-state index is 13.9. The number of thioether (sulfide) groups is 1. The number of hydrogen-bond acceptors (Lipinski definition) is 2. The van der Waals surface area contributed by atoms with Gasteiger partial charge in [0, 0.05) is 21.4 Å². The van der Waals surface area contributed by atoms with Crippen molar-refractivity contribution in [1.29, 1.82) is 0 Å². The standard InChI is InChI=1S/C17H14ClF2NOS/c18-13-9-11(5-7-14(13)19)21-17(22)10-4-6-15(20)16(8-10)23-12-2-1-3-12/h4-9,12H,1-3H2,(H,21,22). The quantitative estimate of drug-likeness (QED) is 0.784. The molecule has 1 fully saturated rings. The molecule has 23 heavy (non-hydrogen) atoms. The molecule has 1 N–H and O–H groups in total. The van der Waals surface area contributed by atoms with Gasteiger partial charge in [0.15, 0.2) is 0 Å². The maximum absolute atomic E-state index is 13.9. The summed E-state index contributed by atoms with van der Waals surface area (Å²) < 4.78 is 27.0. The molecule has 1 aliphatic carbocycles. The van der Waals surface area contributed by atoms with Gasteiger partial charge in [-0.3, -0.25) is 4.79 Å². The first-order valence-electron chi connectivity index (χ1n) is 7.25. The molecule has 6 heteroatoms. The average Bonchev–Trinajstić information content (AvgIpc) is 2.48. The van der Waals surface area contributed by atoms with E-state index in [0.29, 0.717) is 21.4 Å². The fourth-order valence-electron chi connectivity index (χ4n) is 2.18. The Labute approximate surface area is 142 Å². The minimum absolute atomic E-state index is 0.0665. The van der Waals surface area contributed by atoms with Crippen LogP contribution >= 0.6 is 23.4 Å². The van der Waals surface area contributed by atoms with Crippen molar-refractivity contribution in [2.75, 3.05) is 5.32 Å². The lowest BCUT2D eigenvalue weighted by atomic mass is 10.00. The number of rotatable bonds is 4. The second kappa shape index (κ2) is 6.89. The lowest BCUT2D eigenvalue weighted by Crippen LogP contribution is -2.14. The third-order valence-corrected chi connectivity index (χ3v) is 5.38. The average molecular weight is 354 g/mol. The number of nitrogens with one attached hydrogen (secondary N) is 1. The van der Waals surface area contributed by atoms with E-state index in [1.807, 2.05) is 0 Å². The first-order chi connectivity index (χ1) is 11.0. The summed E-state index contributed by atoms with van der Waals surface area (Å²) >= 11 is 7.16. The summed E-state index contributed by atoms with van der Waals surface area (Å²) in [6.45, 7) is 0. The summed E-state index contributed by atoms with van der Waals surface area (Å²) in [5.74, 6) is -1.25. The molecule has 0 saturated heterocycles. The van der Waals surface area contributed by atoms with Gasteiger partial charge in [-0.1, -0.05) is 18.0 Å². The van der Waals surface area contributed by atoms with Crippen molar-refractivity contribution >= 4 is 35.0 Å². The van der Waals surface area contributed by atoms with Crippen LogP contribution in [-0.4, -0.2) is 11.2 Å². The molecule has 0 aromatic heterocycles. The first-order valence-corrected chi connectivity index (χ1v) is 8.51. The molecule has 0 heterocycles. The van der Waals surface area contributed by atoms with Crippen molar-refractivity contribution in [2.24, 2.45) is 0 Å². The van der Waals surface area contributed by atoms with Gasteiger partial charge in [-0.05, 0) is 49.2 Å². The molecular weight excluding hydrogens is 340 g/mol. The summed E-state index contributed by atoms with van der Waals surface area (Å²) in [4.78, 5) is 12.7. The Balaban J connectivity index is 1.75. The van der Waals surface area contributed by atoms with Crippen LogP contribution in [0.5, 0.6) is 0 Å². The van der Waals surface area contributed by atoms with E-state index >= 15 is 0 Å². The van der Waals surface area contributed by atoms with Crippen LogP contribution in [0.3, 0.4) is 0 Å². The Hall–Kier alpha value is -1.59. The Kier molecular flexibility index (Phi) is 4.87. The molecule has 3 rings (SSSR count). The smallest absolute Gasteiger partial charge is 0.255 e. The zero-order valence-electron chi connectivity index (χ0n) is 12.1. The first kappa shape index (κ1) is 16.3. The molecule has 2 aromatic rings. The second-order valence-electron chi connectivity index (χ2n) is 5.40. The molecule has 2 nitrogen and oxygen atoms in total. The van der Waals surface area contributed by atoms with Crippen molar-refractivity contribution in [3.63, 3.8) is 0 Å². The molecule has 120 valence electrons. The number of carbonyl (C=O) groups is 1. The number of anilines is 1. The maximum Gasteiger partial charge on any atom is 0.255 e. The van der Waals surface area contributed by atoms with Gasteiger partial charge >= 0.3 is 0 Å². The Morgan fingerprint density at radius 1 is 1.13 bits per heavy atom. The highest BCUT2D eigenvalue weighted by Gasteiger charge is 2.21. The topological polar surface area (TPSA) is 29.1 Å². The van der Waals surface area contributed by atoms with Crippen LogP contribution in [0.4, 0.5) is 14.5 Å². The number of benzene rings is 2. The highest BCUT2D eigenvalue weighted by molar-refractivity contribution is 8.00. The largest absolute Gasteiger partial charge is 0.322 e. The fraction of sp³-hybridized carbons (Fsp3) is 0.235. The molecule has 0 radical (unpaired) electrons. The number of halogens is 3. The van der Waals surface area contributed by atoms with Crippen LogP contribution in [0.1, 0.15) is 29.6 Å². The van der Waals surface area contributed by atoms with Crippen molar-refractivity contribution in [2.45, 2.75) is 29.4 Å². The van der Waals surface area contributed by atoms with Gasteiger partial charge in [-0.25, -0.2) is 8.78 Å². The summed E-state index contributed by atoms with van der Waals surface area (Å²) in [7, 11) is 0. The van der Waals surface area contributed by atoms with Gasteiger partial charge in [-0.2, -0.15) is 0 Å². The van der Waals surface area contributed by atoms with E-state index in [-0.39, 0.29) is 16.7 Å². The summed E-state index contributed by atoms with van der Waals surface area (Å²) in [5, 5.41) is 3.00. The lowest BCUT2D eigenvalue weighted by Gasteiger charge is -2.24. The van der Waals surface area contributed by atoms with Gasteiger partial charge in [0.2, 0.25) is 0 Å². The highest BCUT2D eigenvalue weighted by atomic mass is 35.5. The van der Waals surface area contributed by atoms with Crippen LogP contribution in [0, 0.1) is 11.6 Å². The van der Waals surface area contributed by atoms with Crippen LogP contribution < -0.4 is 5.32 Å². The molecule has 0 atom stereocenters.